The number of aryl methyl sites for hydroxylation is 2. The Bertz CT molecular complexity index is 1440. The summed E-state index contributed by atoms with van der Waals surface area (Å²) in [7, 11) is -3.77. The van der Waals surface area contributed by atoms with E-state index in [-0.39, 0.29) is 33.5 Å². The zero-order chi connectivity index (χ0) is 24.2. The highest BCUT2D eigenvalue weighted by atomic mass is 35.5. The van der Waals surface area contributed by atoms with Gasteiger partial charge in [0.05, 0.1) is 21.6 Å². The van der Waals surface area contributed by atoms with Crippen molar-refractivity contribution in [3.8, 4) is 5.75 Å². The Labute approximate surface area is 209 Å². The van der Waals surface area contributed by atoms with Crippen LogP contribution in [0.15, 0.2) is 65.6 Å². The normalized spacial score (nSPS) is 21.0. The average molecular weight is 515 g/mol. The number of sulfonamides is 1. The Hall–Kier alpha value is -2.67. The number of rotatable bonds is 4. The molecule has 0 saturated carbocycles. The van der Waals surface area contributed by atoms with Gasteiger partial charge in [-0.3, -0.25) is 4.72 Å². The van der Waals surface area contributed by atoms with Gasteiger partial charge in [-0.1, -0.05) is 53.1 Å². The van der Waals surface area contributed by atoms with Gasteiger partial charge in [0.2, 0.25) is 0 Å². The average Bonchev–Trinajstić information content (AvgIpc) is 3.28. The molecule has 1 heterocycles. The van der Waals surface area contributed by atoms with Crippen LogP contribution in [0.25, 0.3) is 0 Å². The monoisotopic (exact) mass is 514 g/mol. The van der Waals surface area contributed by atoms with E-state index < -0.39 is 10.0 Å². The Morgan fingerprint density at radius 1 is 1.03 bits per heavy atom. The van der Waals surface area contributed by atoms with E-state index in [9.17, 15) is 13.5 Å². The fraction of sp³-hybridized carbons (Fsp3) is 0.231. The summed E-state index contributed by atoms with van der Waals surface area (Å²) in [5.74, 6) is 0.0855. The second kappa shape index (κ2) is 8.52. The summed E-state index contributed by atoms with van der Waals surface area (Å²) in [5, 5.41) is 14.8. The van der Waals surface area contributed by atoms with Crippen LogP contribution >= 0.6 is 23.2 Å². The van der Waals surface area contributed by atoms with Crippen LogP contribution in [0, 0.1) is 19.8 Å². The molecule has 3 unspecified atom stereocenters. The molecule has 5 nitrogen and oxygen atoms in total. The SMILES string of the molecule is Cc1ccc(NS(=O)(=O)c2ccc3c(c2)C2C=CCC2C(c2cc(Cl)cc(Cl)c2O)N3)c(C)c1. The smallest absolute Gasteiger partial charge is 0.261 e. The first-order valence-electron chi connectivity index (χ1n) is 11.0. The summed E-state index contributed by atoms with van der Waals surface area (Å²) in [6.07, 6.45) is 4.98. The van der Waals surface area contributed by atoms with Crippen molar-refractivity contribution in [1.29, 1.82) is 0 Å². The van der Waals surface area contributed by atoms with E-state index in [2.05, 4.69) is 22.2 Å². The molecule has 0 fully saturated rings. The van der Waals surface area contributed by atoms with Crippen molar-refractivity contribution < 1.29 is 13.5 Å². The van der Waals surface area contributed by atoms with E-state index in [1.54, 1.807) is 30.3 Å². The van der Waals surface area contributed by atoms with Crippen LogP contribution in [0.1, 0.15) is 40.6 Å². The van der Waals surface area contributed by atoms with Crippen LogP contribution in [-0.2, 0) is 10.0 Å². The van der Waals surface area contributed by atoms with Gasteiger partial charge in [0.15, 0.2) is 0 Å². The molecule has 3 aromatic carbocycles. The summed E-state index contributed by atoms with van der Waals surface area (Å²) in [4.78, 5) is 0.208. The molecule has 3 N–H and O–H groups in total. The molecule has 34 heavy (non-hydrogen) atoms. The number of nitrogens with one attached hydrogen (secondary N) is 2. The fourth-order valence-electron chi connectivity index (χ4n) is 5.00. The topological polar surface area (TPSA) is 78.4 Å². The highest BCUT2D eigenvalue weighted by Crippen LogP contribution is 2.52. The van der Waals surface area contributed by atoms with Gasteiger partial charge < -0.3 is 10.4 Å². The first kappa shape index (κ1) is 23.1. The standard InChI is InChI=1S/C26H24Cl2N2O3S/c1-14-6-8-23(15(2)10-14)30-34(32,33)17-7-9-24-20(13-17)18-4-3-5-19(18)25(29-24)21-11-16(27)12-22(28)26(21)31/h3-4,6-13,18-19,25,29-31H,5H2,1-2H3. The van der Waals surface area contributed by atoms with Gasteiger partial charge in [-0.25, -0.2) is 8.42 Å². The van der Waals surface area contributed by atoms with Crippen LogP contribution in [0.4, 0.5) is 11.4 Å². The molecule has 176 valence electrons. The minimum absolute atomic E-state index is 0.00494. The largest absolute Gasteiger partial charge is 0.506 e. The van der Waals surface area contributed by atoms with Gasteiger partial charge in [0.1, 0.15) is 5.75 Å². The molecule has 1 aliphatic carbocycles. The third-order valence-electron chi connectivity index (χ3n) is 6.66. The summed E-state index contributed by atoms with van der Waals surface area (Å²) in [6.45, 7) is 3.85. The van der Waals surface area contributed by atoms with Gasteiger partial charge in [0.25, 0.3) is 10.0 Å². The van der Waals surface area contributed by atoms with Gasteiger partial charge in [0, 0.05) is 22.2 Å². The minimum atomic E-state index is -3.77. The van der Waals surface area contributed by atoms with Gasteiger partial charge in [-0.15, -0.1) is 0 Å². The molecule has 2 aliphatic rings. The van der Waals surface area contributed by atoms with Crippen LogP contribution in [0.5, 0.6) is 5.75 Å². The molecule has 8 heteroatoms. The molecule has 0 bridgehead atoms. The summed E-state index contributed by atoms with van der Waals surface area (Å²) in [6, 6.07) is 13.8. The maximum Gasteiger partial charge on any atom is 0.261 e. The lowest BCUT2D eigenvalue weighted by molar-refractivity contribution is 0.402. The lowest BCUT2D eigenvalue weighted by Gasteiger charge is -2.38. The molecule has 5 rings (SSSR count). The summed E-state index contributed by atoms with van der Waals surface area (Å²) >= 11 is 12.4. The summed E-state index contributed by atoms with van der Waals surface area (Å²) < 4.78 is 29.1. The zero-order valence-electron chi connectivity index (χ0n) is 18.6. The predicted molar refractivity (Wildman–Crippen MR) is 138 cm³/mol. The van der Waals surface area contributed by atoms with E-state index >= 15 is 0 Å². The number of anilines is 2. The van der Waals surface area contributed by atoms with Crippen LogP contribution in [0.2, 0.25) is 10.0 Å². The molecular weight excluding hydrogens is 491 g/mol. The van der Waals surface area contributed by atoms with Crippen molar-refractivity contribution in [2.75, 3.05) is 10.0 Å². The first-order valence-corrected chi connectivity index (χ1v) is 13.2. The number of hydrogen-bond donors (Lipinski definition) is 3. The van der Waals surface area contributed by atoms with E-state index in [1.807, 2.05) is 26.0 Å². The second-order valence-electron chi connectivity index (χ2n) is 8.97. The summed E-state index contributed by atoms with van der Waals surface area (Å²) in [5.41, 5.74) is 4.86. The molecule has 0 spiro atoms. The lowest BCUT2D eigenvalue weighted by atomic mass is 9.77. The van der Waals surface area contributed by atoms with Crippen molar-refractivity contribution in [2.24, 2.45) is 5.92 Å². The maximum atomic E-state index is 13.2. The number of benzene rings is 3. The number of halogens is 2. The molecule has 0 radical (unpaired) electrons. The first-order chi connectivity index (χ1) is 16.1. The molecular formula is C26H24Cl2N2O3S. The molecule has 0 aromatic heterocycles. The molecule has 3 aromatic rings. The molecule has 1 aliphatic heterocycles. The lowest BCUT2D eigenvalue weighted by Crippen LogP contribution is -2.29. The molecule has 3 atom stereocenters. The van der Waals surface area contributed by atoms with Gasteiger partial charge in [-0.05, 0) is 73.7 Å². The molecule has 0 saturated heterocycles. The van der Waals surface area contributed by atoms with E-state index in [4.69, 9.17) is 23.2 Å². The van der Waals surface area contributed by atoms with Gasteiger partial charge >= 0.3 is 0 Å². The van der Waals surface area contributed by atoms with E-state index in [1.165, 1.54) is 6.07 Å². The highest BCUT2D eigenvalue weighted by molar-refractivity contribution is 7.92. The Morgan fingerprint density at radius 2 is 1.82 bits per heavy atom. The quantitative estimate of drug-likeness (QED) is 0.329. The van der Waals surface area contributed by atoms with Crippen molar-refractivity contribution in [1.82, 2.24) is 0 Å². The number of phenols is 1. The van der Waals surface area contributed by atoms with E-state index in [0.717, 1.165) is 28.8 Å². The Morgan fingerprint density at radius 3 is 2.59 bits per heavy atom. The third kappa shape index (κ3) is 4.04. The van der Waals surface area contributed by atoms with E-state index in [0.29, 0.717) is 16.3 Å². The number of aromatic hydroxyl groups is 1. The number of phenolic OH excluding ortho intramolecular Hbond substituents is 1. The third-order valence-corrected chi connectivity index (χ3v) is 8.53. The number of fused-ring (bicyclic) bond motifs is 3. The molecule has 0 amide bonds. The second-order valence-corrected chi connectivity index (χ2v) is 11.5. The van der Waals surface area contributed by atoms with Crippen molar-refractivity contribution in [2.45, 2.75) is 37.1 Å². The van der Waals surface area contributed by atoms with Crippen LogP contribution in [-0.4, -0.2) is 13.5 Å². The van der Waals surface area contributed by atoms with Crippen molar-refractivity contribution in [3.05, 3.63) is 93.0 Å². The van der Waals surface area contributed by atoms with Crippen LogP contribution in [0.3, 0.4) is 0 Å². The van der Waals surface area contributed by atoms with Gasteiger partial charge in [-0.2, -0.15) is 0 Å². The highest BCUT2D eigenvalue weighted by Gasteiger charge is 2.39. The van der Waals surface area contributed by atoms with Crippen molar-refractivity contribution >= 4 is 44.6 Å². The number of hydrogen-bond acceptors (Lipinski definition) is 4. The van der Waals surface area contributed by atoms with Crippen LogP contribution < -0.4 is 10.0 Å². The zero-order valence-corrected chi connectivity index (χ0v) is 21.0. The Balaban J connectivity index is 1.52. The maximum absolute atomic E-state index is 13.2. The predicted octanol–water partition coefficient (Wildman–Crippen LogP) is 6.94. The fourth-order valence-corrected chi connectivity index (χ4v) is 6.68. The minimum Gasteiger partial charge on any atom is -0.506 e. The van der Waals surface area contributed by atoms with Crippen molar-refractivity contribution in [3.63, 3.8) is 0 Å². The Kier molecular flexibility index (Phi) is 5.79. The number of allylic oxidation sites excluding steroid dienone is 2.